The van der Waals surface area contributed by atoms with Crippen molar-refractivity contribution >= 4 is 18.0 Å². The predicted molar refractivity (Wildman–Crippen MR) is 123 cm³/mol. The van der Waals surface area contributed by atoms with E-state index in [2.05, 4.69) is 35.6 Å². The Bertz CT molecular complexity index is 1080. The van der Waals surface area contributed by atoms with Crippen LogP contribution in [0.5, 0.6) is 0 Å². The van der Waals surface area contributed by atoms with Crippen LogP contribution in [0.25, 0.3) is 11.1 Å². The molecule has 1 aliphatic carbocycles. The first-order chi connectivity index (χ1) is 15.2. The van der Waals surface area contributed by atoms with E-state index < -0.39 is 0 Å². The van der Waals surface area contributed by atoms with Crippen molar-refractivity contribution in [2.75, 3.05) is 18.4 Å². The number of hydrogen-bond donors (Lipinski definition) is 1. The van der Waals surface area contributed by atoms with Crippen molar-refractivity contribution in [3.63, 3.8) is 0 Å². The fourth-order valence-electron chi connectivity index (χ4n) is 5.26. The molecule has 1 unspecified atom stereocenters. The molecule has 3 aromatic carbocycles. The average Bonchev–Trinajstić information content (AvgIpc) is 3.14. The van der Waals surface area contributed by atoms with E-state index >= 15 is 0 Å². The van der Waals surface area contributed by atoms with Gasteiger partial charge in [-0.05, 0) is 59.1 Å². The molecule has 0 bridgehead atoms. The summed E-state index contributed by atoms with van der Waals surface area (Å²) in [5.74, 6) is -0.0142. The number of piperidine rings is 1. The zero-order valence-electron chi connectivity index (χ0n) is 17.5. The third-order valence-electron chi connectivity index (χ3n) is 6.96. The van der Waals surface area contributed by atoms with E-state index in [9.17, 15) is 9.59 Å². The highest BCUT2D eigenvalue weighted by atomic mass is 16.2. The topological polar surface area (TPSA) is 49.4 Å². The van der Waals surface area contributed by atoms with Crippen LogP contribution in [0.2, 0.25) is 0 Å². The lowest BCUT2D eigenvalue weighted by atomic mass is 9.73. The van der Waals surface area contributed by atoms with Gasteiger partial charge >= 0.3 is 6.03 Å². The minimum atomic E-state index is -0.0551. The molecule has 1 saturated heterocycles. The first kappa shape index (κ1) is 19.6. The number of nitrogens with zero attached hydrogens (tertiary/aromatic N) is 1. The Balaban J connectivity index is 1.23. The van der Waals surface area contributed by atoms with E-state index in [1.54, 1.807) is 0 Å². The van der Waals surface area contributed by atoms with Gasteiger partial charge in [-0.1, -0.05) is 66.7 Å². The quantitative estimate of drug-likeness (QED) is 0.571. The van der Waals surface area contributed by atoms with E-state index in [0.717, 1.165) is 42.4 Å². The number of hydrogen-bond acceptors (Lipinski definition) is 2. The van der Waals surface area contributed by atoms with Crippen LogP contribution in [-0.4, -0.2) is 30.3 Å². The van der Waals surface area contributed by atoms with Crippen LogP contribution >= 0.6 is 0 Å². The molecule has 4 heteroatoms. The summed E-state index contributed by atoms with van der Waals surface area (Å²) in [6.07, 6.45) is 3.75. The number of rotatable bonds is 3. The maximum absolute atomic E-state index is 12.9. The number of carbonyl (C=O) groups excluding carboxylic acids is 2. The summed E-state index contributed by atoms with van der Waals surface area (Å²) in [7, 11) is 0. The molecule has 1 heterocycles. The second kappa shape index (κ2) is 8.03. The highest BCUT2D eigenvalue weighted by Gasteiger charge is 2.45. The number of aldehydes is 1. The van der Waals surface area contributed by atoms with Crippen LogP contribution in [0.3, 0.4) is 0 Å². The molecule has 0 aromatic heterocycles. The van der Waals surface area contributed by atoms with Crippen molar-refractivity contribution in [3.8, 4) is 11.1 Å². The number of fused-ring (bicyclic) bond motifs is 2. The summed E-state index contributed by atoms with van der Waals surface area (Å²) in [5, 5.41) is 3.04. The largest absolute Gasteiger partial charge is 0.324 e. The van der Waals surface area contributed by atoms with Crippen molar-refractivity contribution < 1.29 is 9.59 Å². The minimum Gasteiger partial charge on any atom is -0.324 e. The average molecular weight is 411 g/mol. The molecule has 2 amide bonds. The molecule has 1 fully saturated rings. The SMILES string of the molecule is O=CC1CC2(CCN(C(=O)Nc3ccc(-c4ccccc4)cc3)CC2)c2ccccc21. The lowest BCUT2D eigenvalue weighted by molar-refractivity contribution is -0.109. The highest BCUT2D eigenvalue weighted by molar-refractivity contribution is 5.89. The minimum absolute atomic E-state index is 0.0142. The van der Waals surface area contributed by atoms with Crippen LogP contribution in [-0.2, 0) is 10.2 Å². The van der Waals surface area contributed by atoms with Gasteiger partial charge in [-0.2, -0.15) is 0 Å². The second-order valence-electron chi connectivity index (χ2n) is 8.67. The first-order valence-electron chi connectivity index (χ1n) is 10.9. The van der Waals surface area contributed by atoms with Crippen LogP contribution in [0.15, 0.2) is 78.9 Å². The van der Waals surface area contributed by atoms with Gasteiger partial charge in [0.25, 0.3) is 0 Å². The van der Waals surface area contributed by atoms with Crippen molar-refractivity contribution in [1.29, 1.82) is 0 Å². The van der Waals surface area contributed by atoms with Gasteiger partial charge in [0.1, 0.15) is 6.29 Å². The zero-order chi connectivity index (χ0) is 21.3. The summed E-state index contributed by atoms with van der Waals surface area (Å²) < 4.78 is 0. The smallest absolute Gasteiger partial charge is 0.321 e. The van der Waals surface area contributed by atoms with Gasteiger partial charge in [0, 0.05) is 24.7 Å². The Kier molecular flexibility index (Phi) is 5.06. The molecule has 0 saturated carbocycles. The molecule has 5 rings (SSSR count). The fourth-order valence-corrected chi connectivity index (χ4v) is 5.26. The molecule has 1 aliphatic heterocycles. The van der Waals surface area contributed by atoms with E-state index in [1.165, 1.54) is 11.1 Å². The van der Waals surface area contributed by atoms with Crippen molar-refractivity contribution in [2.45, 2.75) is 30.6 Å². The van der Waals surface area contributed by atoms with Crippen LogP contribution < -0.4 is 5.32 Å². The number of anilines is 1. The highest BCUT2D eigenvalue weighted by Crippen LogP contribution is 2.50. The summed E-state index contributed by atoms with van der Waals surface area (Å²) >= 11 is 0. The van der Waals surface area contributed by atoms with Gasteiger partial charge in [-0.3, -0.25) is 0 Å². The Morgan fingerprint density at radius 2 is 1.52 bits per heavy atom. The van der Waals surface area contributed by atoms with Gasteiger partial charge in [0.05, 0.1) is 0 Å². The first-order valence-corrected chi connectivity index (χ1v) is 10.9. The molecule has 1 N–H and O–H groups in total. The van der Waals surface area contributed by atoms with E-state index in [0.29, 0.717) is 13.1 Å². The molecule has 156 valence electrons. The monoisotopic (exact) mass is 410 g/mol. The van der Waals surface area contributed by atoms with E-state index in [4.69, 9.17) is 0 Å². The number of benzene rings is 3. The Hall–Kier alpha value is -3.40. The lowest BCUT2D eigenvalue weighted by Gasteiger charge is -2.40. The fraction of sp³-hybridized carbons (Fsp3) is 0.259. The van der Waals surface area contributed by atoms with Crippen molar-refractivity contribution in [1.82, 2.24) is 4.90 Å². The second-order valence-corrected chi connectivity index (χ2v) is 8.67. The van der Waals surface area contributed by atoms with Gasteiger partial charge in [0.15, 0.2) is 0 Å². The van der Waals surface area contributed by atoms with Gasteiger partial charge in [0.2, 0.25) is 0 Å². The van der Waals surface area contributed by atoms with Crippen LogP contribution in [0, 0.1) is 0 Å². The standard InChI is InChI=1S/C27H26N2O2/c30-19-22-18-27(25-9-5-4-8-24(22)25)14-16-29(17-15-27)26(31)28-23-12-10-21(11-13-23)20-6-2-1-3-7-20/h1-13,19,22H,14-18H2,(H,28,31). The maximum atomic E-state index is 12.9. The van der Waals surface area contributed by atoms with Gasteiger partial charge in [-0.15, -0.1) is 0 Å². The third-order valence-corrected chi connectivity index (χ3v) is 6.96. The Labute approximate surface area is 182 Å². The molecule has 0 radical (unpaired) electrons. The number of amides is 2. The predicted octanol–water partition coefficient (Wildman–Crippen LogP) is 5.61. The van der Waals surface area contributed by atoms with Crippen molar-refractivity contribution in [3.05, 3.63) is 90.0 Å². The lowest BCUT2D eigenvalue weighted by Crippen LogP contribution is -2.46. The Morgan fingerprint density at radius 1 is 0.871 bits per heavy atom. The number of carbonyl (C=O) groups is 2. The summed E-state index contributed by atoms with van der Waals surface area (Å²) in [6, 6.07) is 26.4. The number of nitrogens with one attached hydrogen (secondary N) is 1. The van der Waals surface area contributed by atoms with Gasteiger partial charge < -0.3 is 15.0 Å². The molecule has 31 heavy (non-hydrogen) atoms. The van der Waals surface area contributed by atoms with E-state index in [1.807, 2.05) is 53.4 Å². The molecule has 4 nitrogen and oxygen atoms in total. The molecular weight excluding hydrogens is 384 g/mol. The van der Waals surface area contributed by atoms with Crippen LogP contribution in [0.1, 0.15) is 36.3 Å². The maximum Gasteiger partial charge on any atom is 0.321 e. The van der Waals surface area contributed by atoms with Crippen molar-refractivity contribution in [2.24, 2.45) is 0 Å². The van der Waals surface area contributed by atoms with Gasteiger partial charge in [-0.25, -0.2) is 4.79 Å². The normalized spacial score (nSPS) is 19.1. The number of urea groups is 1. The molecular formula is C27H26N2O2. The summed E-state index contributed by atoms with van der Waals surface area (Å²) in [4.78, 5) is 26.4. The van der Waals surface area contributed by atoms with E-state index in [-0.39, 0.29) is 17.4 Å². The molecule has 3 aromatic rings. The summed E-state index contributed by atoms with van der Waals surface area (Å²) in [5.41, 5.74) is 5.60. The summed E-state index contributed by atoms with van der Waals surface area (Å²) in [6.45, 7) is 1.40. The zero-order valence-corrected chi connectivity index (χ0v) is 17.5. The van der Waals surface area contributed by atoms with Crippen LogP contribution in [0.4, 0.5) is 10.5 Å². The molecule has 1 atom stereocenters. The number of likely N-dealkylation sites (tertiary alicyclic amines) is 1. The molecule has 2 aliphatic rings. The molecule has 1 spiro atoms. The third kappa shape index (κ3) is 3.63. The Morgan fingerprint density at radius 3 is 2.23 bits per heavy atom.